The SMILES string of the molecule is CC(C)(c1ccccc1)n1nnc(-c2c[c-]ccc2)n1.CC(C)[N-]C(C)C.[Mg+2]. The maximum Gasteiger partial charge on any atom is 2.00 e. The Kier molecular flexibility index (Phi) is 9.79. The van der Waals surface area contributed by atoms with Gasteiger partial charge in [0.05, 0.1) is 0 Å². The van der Waals surface area contributed by atoms with Crippen LogP contribution in [-0.4, -0.2) is 55.3 Å². The number of nitrogens with zero attached hydrogens (tertiary/aromatic N) is 5. The molecule has 6 heteroatoms. The van der Waals surface area contributed by atoms with E-state index in [1.54, 1.807) is 4.80 Å². The maximum atomic E-state index is 4.50. The van der Waals surface area contributed by atoms with Crippen molar-refractivity contribution in [1.82, 2.24) is 20.2 Å². The quantitative estimate of drug-likeness (QED) is 0.470. The first kappa shape index (κ1) is 24.3. The molecule has 1 heterocycles. The molecule has 0 saturated carbocycles. The summed E-state index contributed by atoms with van der Waals surface area (Å²) >= 11 is 0. The van der Waals surface area contributed by atoms with Crippen molar-refractivity contribution in [2.75, 3.05) is 0 Å². The molecule has 0 unspecified atom stereocenters. The number of hydrogen-bond acceptors (Lipinski definition) is 3. The van der Waals surface area contributed by atoms with Gasteiger partial charge < -0.3 is 5.32 Å². The number of benzene rings is 2. The van der Waals surface area contributed by atoms with Gasteiger partial charge in [0.1, 0.15) is 5.54 Å². The van der Waals surface area contributed by atoms with Crippen LogP contribution in [0.1, 0.15) is 47.1 Å². The van der Waals surface area contributed by atoms with Crippen LogP contribution < -0.4 is 0 Å². The van der Waals surface area contributed by atoms with Crippen LogP contribution in [0.15, 0.2) is 54.6 Å². The molecular weight excluding hydrogens is 359 g/mol. The summed E-state index contributed by atoms with van der Waals surface area (Å²) in [4.78, 5) is 1.66. The van der Waals surface area contributed by atoms with Gasteiger partial charge in [0.2, 0.25) is 0 Å². The molecule has 3 rings (SSSR count). The Morgan fingerprint density at radius 1 is 0.964 bits per heavy atom. The smallest absolute Gasteiger partial charge is 0.658 e. The molecule has 0 radical (unpaired) electrons. The van der Waals surface area contributed by atoms with Gasteiger partial charge in [-0.05, 0) is 24.6 Å². The van der Waals surface area contributed by atoms with E-state index in [1.807, 2.05) is 42.5 Å². The van der Waals surface area contributed by atoms with Crippen molar-refractivity contribution in [3.63, 3.8) is 0 Å². The first-order valence-electron chi connectivity index (χ1n) is 9.33. The van der Waals surface area contributed by atoms with Crippen LogP contribution in [0, 0.1) is 6.07 Å². The van der Waals surface area contributed by atoms with Crippen molar-refractivity contribution in [2.45, 2.75) is 59.2 Å². The summed E-state index contributed by atoms with van der Waals surface area (Å²) in [5.41, 5.74) is 1.72. The van der Waals surface area contributed by atoms with Gasteiger partial charge in [-0.25, -0.2) is 0 Å². The van der Waals surface area contributed by atoms with Crippen molar-refractivity contribution < 1.29 is 0 Å². The van der Waals surface area contributed by atoms with E-state index in [4.69, 9.17) is 0 Å². The average Bonchev–Trinajstić information content (AvgIpc) is 3.14. The molecule has 0 saturated heterocycles. The van der Waals surface area contributed by atoms with E-state index in [2.05, 4.69) is 80.5 Å². The fourth-order valence-corrected chi connectivity index (χ4v) is 2.66. The second-order valence-electron chi connectivity index (χ2n) is 7.46. The predicted octanol–water partition coefficient (Wildman–Crippen LogP) is 4.72. The Balaban J connectivity index is 0.000000425. The third-order valence-corrected chi connectivity index (χ3v) is 3.96. The zero-order valence-electron chi connectivity index (χ0n) is 17.8. The third kappa shape index (κ3) is 7.00. The van der Waals surface area contributed by atoms with Gasteiger partial charge in [0.15, 0.2) is 5.82 Å². The number of tetrazole rings is 1. The molecule has 2 aromatic carbocycles. The van der Waals surface area contributed by atoms with Gasteiger partial charge in [0, 0.05) is 0 Å². The molecule has 0 fully saturated rings. The molecule has 0 aliphatic rings. The van der Waals surface area contributed by atoms with Gasteiger partial charge in [-0.2, -0.15) is 35.1 Å². The van der Waals surface area contributed by atoms with Crippen LogP contribution in [-0.2, 0) is 5.54 Å². The van der Waals surface area contributed by atoms with E-state index in [0.717, 1.165) is 11.1 Å². The number of hydrogen-bond donors (Lipinski definition) is 0. The molecule has 5 nitrogen and oxygen atoms in total. The summed E-state index contributed by atoms with van der Waals surface area (Å²) in [6.07, 6.45) is 0. The Labute approximate surface area is 185 Å². The molecule has 0 amide bonds. The molecule has 0 atom stereocenters. The monoisotopic (exact) mass is 387 g/mol. The fourth-order valence-electron chi connectivity index (χ4n) is 2.66. The van der Waals surface area contributed by atoms with Crippen molar-refractivity contribution in [3.05, 3.63) is 71.5 Å². The second kappa shape index (κ2) is 11.3. The van der Waals surface area contributed by atoms with Gasteiger partial charge in [0.25, 0.3) is 0 Å². The van der Waals surface area contributed by atoms with Crippen molar-refractivity contribution in [2.24, 2.45) is 0 Å². The summed E-state index contributed by atoms with van der Waals surface area (Å²) in [6.45, 7) is 12.5. The van der Waals surface area contributed by atoms with E-state index in [9.17, 15) is 0 Å². The molecule has 0 aliphatic carbocycles. The third-order valence-electron chi connectivity index (χ3n) is 3.96. The Hall–Kier alpha value is -1.76. The minimum Gasteiger partial charge on any atom is -0.658 e. The second-order valence-corrected chi connectivity index (χ2v) is 7.46. The zero-order chi connectivity index (χ0) is 19.9. The fraction of sp³-hybridized carbons (Fsp3) is 0.409. The summed E-state index contributed by atoms with van der Waals surface area (Å²) < 4.78 is 0. The topological polar surface area (TPSA) is 57.7 Å². The van der Waals surface area contributed by atoms with E-state index < -0.39 is 0 Å². The first-order valence-corrected chi connectivity index (χ1v) is 9.33. The largest absolute Gasteiger partial charge is 2.00 e. The van der Waals surface area contributed by atoms with Gasteiger partial charge >= 0.3 is 23.1 Å². The van der Waals surface area contributed by atoms with Crippen molar-refractivity contribution in [1.29, 1.82) is 0 Å². The maximum absolute atomic E-state index is 4.50. The minimum absolute atomic E-state index is 0. The molecule has 0 N–H and O–H groups in total. The summed E-state index contributed by atoms with van der Waals surface area (Å²) in [5.74, 6) is 0.617. The molecule has 0 bridgehead atoms. The minimum atomic E-state index is -0.342. The Bertz CT molecular complexity index is 792. The summed E-state index contributed by atoms with van der Waals surface area (Å²) in [5, 5.41) is 17.1. The Morgan fingerprint density at radius 2 is 1.61 bits per heavy atom. The normalized spacial score (nSPS) is 11.0. The molecule has 0 spiro atoms. The standard InChI is InChI=1S/C16H15N4.C6H14N.Mg/c1-16(2,14-11-7-4-8-12-14)20-18-15(17-19-20)13-9-5-3-6-10-13;1-5(2)7-6(3)4;/h3-5,7-12H,1-2H3;5-6H,1-4H3;/q2*-1;+2. The van der Waals surface area contributed by atoms with Crippen LogP contribution in [0.3, 0.4) is 0 Å². The van der Waals surface area contributed by atoms with Crippen molar-refractivity contribution in [3.8, 4) is 11.4 Å². The van der Waals surface area contributed by atoms with Crippen LogP contribution in [0.5, 0.6) is 0 Å². The van der Waals surface area contributed by atoms with E-state index in [1.165, 1.54) is 0 Å². The Morgan fingerprint density at radius 3 is 2.11 bits per heavy atom. The van der Waals surface area contributed by atoms with E-state index in [0.29, 0.717) is 17.9 Å². The van der Waals surface area contributed by atoms with E-state index in [-0.39, 0.29) is 28.6 Å². The van der Waals surface area contributed by atoms with Crippen LogP contribution in [0.25, 0.3) is 16.7 Å². The van der Waals surface area contributed by atoms with Gasteiger partial charge in [-0.3, -0.25) is 0 Å². The first-order chi connectivity index (χ1) is 12.8. The average molecular weight is 388 g/mol. The zero-order valence-corrected chi connectivity index (χ0v) is 19.2. The predicted molar refractivity (Wildman–Crippen MR) is 116 cm³/mol. The molecule has 144 valence electrons. The van der Waals surface area contributed by atoms with E-state index >= 15 is 0 Å². The number of aromatic nitrogens is 4. The summed E-state index contributed by atoms with van der Waals surface area (Å²) in [6, 6.07) is 21.8. The molecular formula is C22H29MgN5. The van der Waals surface area contributed by atoms with Crippen LogP contribution in [0.2, 0.25) is 0 Å². The number of rotatable bonds is 5. The molecule has 3 aromatic rings. The molecule has 28 heavy (non-hydrogen) atoms. The summed E-state index contributed by atoms with van der Waals surface area (Å²) in [7, 11) is 0. The molecule has 0 aliphatic heterocycles. The van der Waals surface area contributed by atoms with Gasteiger partial charge in [-0.1, -0.05) is 63.6 Å². The van der Waals surface area contributed by atoms with Crippen molar-refractivity contribution >= 4 is 23.1 Å². The molecule has 1 aromatic heterocycles. The van der Waals surface area contributed by atoms with Crippen LogP contribution >= 0.6 is 0 Å². The van der Waals surface area contributed by atoms with Crippen LogP contribution in [0.4, 0.5) is 0 Å². The van der Waals surface area contributed by atoms with Gasteiger partial charge in [-0.15, -0.1) is 22.3 Å².